The Bertz CT molecular complexity index is 967. The van der Waals surface area contributed by atoms with Crippen LogP contribution in [0.25, 0.3) is 0 Å². The Morgan fingerprint density at radius 2 is 1.46 bits per heavy atom. The summed E-state index contributed by atoms with van der Waals surface area (Å²) in [5.74, 6) is 1.07. The fourth-order valence-corrected chi connectivity index (χ4v) is 6.36. The SMILES string of the molecule is Nc1ccc(CNC(=O)[C@H](NC(=O)[C@@H](N)Cc2ccccc2)C(C2CCCCC2)C2CCCCC2)cn1. The summed E-state index contributed by atoms with van der Waals surface area (Å²) in [6, 6.07) is 12.1. The van der Waals surface area contributed by atoms with Crippen molar-refractivity contribution in [2.24, 2.45) is 23.5 Å². The average Bonchev–Trinajstić information content (AvgIpc) is 2.94. The van der Waals surface area contributed by atoms with Crippen molar-refractivity contribution in [3.63, 3.8) is 0 Å². The van der Waals surface area contributed by atoms with Crippen molar-refractivity contribution in [2.75, 3.05) is 5.73 Å². The molecule has 0 spiro atoms. The Morgan fingerprint density at radius 1 is 0.838 bits per heavy atom. The van der Waals surface area contributed by atoms with E-state index in [1.54, 1.807) is 12.3 Å². The molecule has 4 rings (SSSR count). The number of nitrogens with two attached hydrogens (primary N) is 2. The lowest BCUT2D eigenvalue weighted by Gasteiger charge is -2.42. The molecule has 2 saturated carbocycles. The molecule has 1 heterocycles. The number of hydrogen-bond acceptors (Lipinski definition) is 5. The molecular weight excluding hydrogens is 462 g/mol. The molecule has 2 aromatic rings. The highest BCUT2D eigenvalue weighted by atomic mass is 16.2. The molecule has 2 aliphatic rings. The van der Waals surface area contributed by atoms with Gasteiger partial charge >= 0.3 is 0 Å². The van der Waals surface area contributed by atoms with Gasteiger partial charge < -0.3 is 22.1 Å². The average molecular weight is 506 g/mol. The van der Waals surface area contributed by atoms with Gasteiger partial charge in [0.1, 0.15) is 11.9 Å². The van der Waals surface area contributed by atoms with Crippen LogP contribution in [0.15, 0.2) is 48.7 Å². The number of hydrogen-bond donors (Lipinski definition) is 4. The van der Waals surface area contributed by atoms with Gasteiger partial charge in [-0.05, 0) is 41.4 Å². The van der Waals surface area contributed by atoms with E-state index in [0.717, 1.165) is 36.8 Å². The Morgan fingerprint density at radius 3 is 2.03 bits per heavy atom. The number of amides is 2. The Hall–Kier alpha value is -2.93. The second-order valence-corrected chi connectivity index (χ2v) is 11.0. The molecule has 200 valence electrons. The van der Waals surface area contributed by atoms with E-state index in [2.05, 4.69) is 15.6 Å². The molecule has 0 saturated heterocycles. The predicted octanol–water partition coefficient (Wildman–Crippen LogP) is 4.11. The van der Waals surface area contributed by atoms with E-state index < -0.39 is 12.1 Å². The topological polar surface area (TPSA) is 123 Å². The molecule has 2 amide bonds. The van der Waals surface area contributed by atoms with Crippen molar-refractivity contribution in [3.8, 4) is 0 Å². The number of pyridine rings is 1. The first-order chi connectivity index (χ1) is 18.0. The van der Waals surface area contributed by atoms with Crippen LogP contribution in [-0.2, 0) is 22.6 Å². The zero-order valence-corrected chi connectivity index (χ0v) is 21.9. The Kier molecular flexibility index (Phi) is 9.94. The van der Waals surface area contributed by atoms with Gasteiger partial charge in [0.15, 0.2) is 0 Å². The van der Waals surface area contributed by atoms with Crippen molar-refractivity contribution in [3.05, 3.63) is 59.8 Å². The lowest BCUT2D eigenvalue weighted by molar-refractivity contribution is -0.132. The maximum Gasteiger partial charge on any atom is 0.243 e. The highest BCUT2D eigenvalue weighted by Crippen LogP contribution is 2.42. The summed E-state index contributed by atoms with van der Waals surface area (Å²) in [5, 5.41) is 6.26. The highest BCUT2D eigenvalue weighted by Gasteiger charge is 2.41. The van der Waals surface area contributed by atoms with Gasteiger partial charge in [-0.15, -0.1) is 0 Å². The van der Waals surface area contributed by atoms with Crippen LogP contribution < -0.4 is 22.1 Å². The molecule has 1 aromatic heterocycles. The summed E-state index contributed by atoms with van der Waals surface area (Å²) in [6.45, 7) is 0.344. The minimum atomic E-state index is -0.711. The molecule has 0 unspecified atom stereocenters. The lowest BCUT2D eigenvalue weighted by atomic mass is 9.66. The molecule has 7 nitrogen and oxygen atoms in total. The molecule has 37 heavy (non-hydrogen) atoms. The van der Waals surface area contributed by atoms with Gasteiger partial charge in [-0.25, -0.2) is 4.98 Å². The van der Waals surface area contributed by atoms with E-state index >= 15 is 0 Å². The smallest absolute Gasteiger partial charge is 0.243 e. The van der Waals surface area contributed by atoms with Crippen molar-refractivity contribution in [2.45, 2.75) is 89.3 Å². The number of carbonyl (C=O) groups is 2. The molecule has 6 N–H and O–H groups in total. The number of nitrogens with one attached hydrogen (secondary N) is 2. The normalized spacial score (nSPS) is 18.8. The van der Waals surface area contributed by atoms with Gasteiger partial charge in [0.25, 0.3) is 0 Å². The zero-order chi connectivity index (χ0) is 26.0. The van der Waals surface area contributed by atoms with Crippen LogP contribution in [0.2, 0.25) is 0 Å². The number of benzene rings is 1. The minimum absolute atomic E-state index is 0.123. The van der Waals surface area contributed by atoms with E-state index in [1.165, 1.54) is 38.5 Å². The van der Waals surface area contributed by atoms with Crippen LogP contribution in [0, 0.1) is 17.8 Å². The van der Waals surface area contributed by atoms with E-state index in [9.17, 15) is 9.59 Å². The monoisotopic (exact) mass is 505 g/mol. The third-order valence-electron chi connectivity index (χ3n) is 8.30. The second-order valence-electron chi connectivity index (χ2n) is 11.0. The number of carbonyl (C=O) groups excluding carboxylic acids is 2. The largest absolute Gasteiger partial charge is 0.384 e. The standard InChI is InChI=1S/C30H43N5O2/c31-25(18-21-10-4-1-5-11-21)29(36)35-28(30(37)34-20-22-16-17-26(32)33-19-22)27(23-12-6-2-7-13-23)24-14-8-3-9-15-24/h1,4-5,10-11,16-17,19,23-25,27-28H,2-3,6-9,12-15,18,20,31H2,(H2,32,33)(H,34,37)(H,35,36)/t25-,28+/m0/s1. The first kappa shape index (κ1) is 27.1. The molecule has 0 aliphatic heterocycles. The molecular formula is C30H43N5O2. The van der Waals surface area contributed by atoms with Gasteiger partial charge in [0.05, 0.1) is 6.04 Å². The first-order valence-electron chi connectivity index (χ1n) is 14.1. The third kappa shape index (κ3) is 7.78. The van der Waals surface area contributed by atoms with Crippen molar-refractivity contribution in [1.29, 1.82) is 0 Å². The third-order valence-corrected chi connectivity index (χ3v) is 8.30. The molecule has 0 bridgehead atoms. The van der Waals surface area contributed by atoms with Gasteiger partial charge in [0, 0.05) is 12.7 Å². The van der Waals surface area contributed by atoms with Gasteiger partial charge in [-0.3, -0.25) is 9.59 Å². The molecule has 2 aliphatic carbocycles. The van der Waals surface area contributed by atoms with Crippen LogP contribution >= 0.6 is 0 Å². The number of nitrogen functional groups attached to an aromatic ring is 1. The van der Waals surface area contributed by atoms with Crippen molar-refractivity contribution < 1.29 is 9.59 Å². The number of aromatic nitrogens is 1. The summed E-state index contributed by atoms with van der Waals surface area (Å²) in [5.41, 5.74) is 14.0. The quantitative estimate of drug-likeness (QED) is 0.387. The van der Waals surface area contributed by atoms with Gasteiger partial charge in [-0.2, -0.15) is 0 Å². The minimum Gasteiger partial charge on any atom is -0.384 e. The molecule has 1 aromatic carbocycles. The lowest BCUT2D eigenvalue weighted by Crippen LogP contribution is -2.58. The molecule has 2 atom stereocenters. The van der Waals surface area contributed by atoms with Crippen LogP contribution in [0.4, 0.5) is 5.82 Å². The van der Waals surface area contributed by atoms with Crippen LogP contribution in [0.1, 0.15) is 75.3 Å². The highest BCUT2D eigenvalue weighted by molar-refractivity contribution is 5.90. The van der Waals surface area contributed by atoms with E-state index in [-0.39, 0.29) is 17.7 Å². The van der Waals surface area contributed by atoms with Gasteiger partial charge in [-0.1, -0.05) is 101 Å². The molecule has 7 heteroatoms. The summed E-state index contributed by atoms with van der Waals surface area (Å²) in [7, 11) is 0. The second kappa shape index (κ2) is 13.6. The number of nitrogens with zero attached hydrogens (tertiary/aromatic N) is 1. The summed E-state index contributed by atoms with van der Waals surface area (Å²) >= 11 is 0. The van der Waals surface area contributed by atoms with E-state index in [0.29, 0.717) is 30.6 Å². The Labute approximate surface area is 221 Å². The predicted molar refractivity (Wildman–Crippen MR) is 147 cm³/mol. The Balaban J connectivity index is 1.54. The number of anilines is 1. The maximum atomic E-state index is 13.8. The molecule has 0 radical (unpaired) electrons. The van der Waals surface area contributed by atoms with Gasteiger partial charge in [0.2, 0.25) is 11.8 Å². The first-order valence-corrected chi connectivity index (χ1v) is 14.1. The van der Waals surface area contributed by atoms with E-state index in [1.807, 2.05) is 36.4 Å². The van der Waals surface area contributed by atoms with Crippen molar-refractivity contribution >= 4 is 17.6 Å². The van der Waals surface area contributed by atoms with Crippen LogP contribution in [-0.4, -0.2) is 28.9 Å². The summed E-state index contributed by atoms with van der Waals surface area (Å²) in [4.78, 5) is 31.4. The summed E-state index contributed by atoms with van der Waals surface area (Å²) in [6.07, 6.45) is 13.9. The maximum absolute atomic E-state index is 13.8. The number of rotatable bonds is 10. The zero-order valence-electron chi connectivity index (χ0n) is 21.9. The van der Waals surface area contributed by atoms with Crippen LogP contribution in [0.3, 0.4) is 0 Å². The fourth-order valence-electron chi connectivity index (χ4n) is 6.36. The van der Waals surface area contributed by atoms with E-state index in [4.69, 9.17) is 11.5 Å². The molecule has 2 fully saturated rings. The van der Waals surface area contributed by atoms with Crippen molar-refractivity contribution in [1.82, 2.24) is 15.6 Å². The summed E-state index contributed by atoms with van der Waals surface area (Å²) < 4.78 is 0. The fraction of sp³-hybridized carbons (Fsp3) is 0.567. The van der Waals surface area contributed by atoms with Crippen LogP contribution in [0.5, 0.6) is 0 Å².